The molecule has 8 heteroatoms. The third kappa shape index (κ3) is 4.93. The molecule has 0 aliphatic carbocycles. The molecule has 1 aromatic heterocycles. The molecule has 0 unspecified atom stereocenters. The second-order valence-corrected chi connectivity index (χ2v) is 8.15. The van der Waals surface area contributed by atoms with Gasteiger partial charge in [0.15, 0.2) is 0 Å². The third-order valence-corrected chi connectivity index (χ3v) is 5.96. The minimum Gasteiger partial charge on any atom is -0.368 e. The van der Waals surface area contributed by atoms with Crippen LogP contribution >= 0.6 is 22.9 Å². The van der Waals surface area contributed by atoms with Gasteiger partial charge in [0.2, 0.25) is 0 Å². The molecule has 150 valence electrons. The minimum atomic E-state index is -0.339. The van der Waals surface area contributed by atoms with Crippen LogP contribution in [0, 0.1) is 5.82 Å². The summed E-state index contributed by atoms with van der Waals surface area (Å²) in [4.78, 5) is 21.4. The fourth-order valence-corrected chi connectivity index (χ4v) is 4.33. The molecule has 4 rings (SSSR count). The van der Waals surface area contributed by atoms with Gasteiger partial charge in [-0.3, -0.25) is 9.69 Å². The van der Waals surface area contributed by atoms with Gasteiger partial charge in [0.1, 0.15) is 16.5 Å². The van der Waals surface area contributed by atoms with Crippen LogP contribution in [0.4, 0.5) is 15.8 Å². The molecule has 1 aliphatic heterocycles. The molecular weight excluding hydrogens is 411 g/mol. The Balaban J connectivity index is 1.31. The highest BCUT2D eigenvalue weighted by Crippen LogP contribution is 2.26. The van der Waals surface area contributed by atoms with Crippen LogP contribution in [0.25, 0.3) is 0 Å². The van der Waals surface area contributed by atoms with E-state index in [1.54, 1.807) is 5.38 Å². The maximum absolute atomic E-state index is 13.0. The fourth-order valence-electron chi connectivity index (χ4n) is 3.26. The number of amides is 1. The summed E-state index contributed by atoms with van der Waals surface area (Å²) in [7, 11) is 0. The van der Waals surface area contributed by atoms with Crippen molar-refractivity contribution in [3.05, 3.63) is 75.5 Å². The van der Waals surface area contributed by atoms with Gasteiger partial charge in [-0.25, -0.2) is 9.37 Å². The Morgan fingerprint density at radius 3 is 2.55 bits per heavy atom. The van der Waals surface area contributed by atoms with Crippen LogP contribution in [0.5, 0.6) is 0 Å². The Labute approximate surface area is 177 Å². The minimum absolute atomic E-state index is 0.289. The highest BCUT2D eigenvalue weighted by molar-refractivity contribution is 7.09. The van der Waals surface area contributed by atoms with Crippen LogP contribution in [0.15, 0.2) is 53.9 Å². The predicted molar refractivity (Wildman–Crippen MR) is 115 cm³/mol. The monoisotopic (exact) mass is 430 g/mol. The van der Waals surface area contributed by atoms with E-state index < -0.39 is 0 Å². The van der Waals surface area contributed by atoms with E-state index in [9.17, 15) is 9.18 Å². The molecule has 2 heterocycles. The zero-order valence-electron chi connectivity index (χ0n) is 15.6. The van der Waals surface area contributed by atoms with Crippen LogP contribution in [-0.2, 0) is 6.54 Å². The number of carbonyl (C=O) groups is 1. The van der Waals surface area contributed by atoms with Crippen LogP contribution in [0.2, 0.25) is 5.02 Å². The molecule has 3 aromatic rings. The molecule has 0 bridgehead atoms. The van der Waals surface area contributed by atoms with E-state index in [1.807, 2.05) is 24.3 Å². The number of piperazine rings is 1. The lowest BCUT2D eigenvalue weighted by molar-refractivity contribution is 0.102. The number of halogens is 2. The van der Waals surface area contributed by atoms with Gasteiger partial charge in [0, 0.05) is 37.2 Å². The zero-order valence-corrected chi connectivity index (χ0v) is 17.2. The normalized spacial score (nSPS) is 14.8. The largest absolute Gasteiger partial charge is 0.368 e. The maximum Gasteiger partial charge on any atom is 0.275 e. The van der Waals surface area contributed by atoms with Crippen LogP contribution in [0.1, 0.15) is 15.5 Å². The second kappa shape index (κ2) is 8.90. The number of hydrogen-bond acceptors (Lipinski definition) is 5. The summed E-state index contributed by atoms with van der Waals surface area (Å²) >= 11 is 7.78. The van der Waals surface area contributed by atoms with Crippen molar-refractivity contribution in [2.45, 2.75) is 6.54 Å². The van der Waals surface area contributed by atoms with E-state index in [2.05, 4.69) is 20.1 Å². The van der Waals surface area contributed by atoms with Gasteiger partial charge in [-0.1, -0.05) is 23.7 Å². The molecule has 1 N–H and O–H groups in total. The first-order valence-corrected chi connectivity index (χ1v) is 10.6. The summed E-state index contributed by atoms with van der Waals surface area (Å²) in [5.74, 6) is -0.628. The second-order valence-electron chi connectivity index (χ2n) is 6.80. The van der Waals surface area contributed by atoms with Crippen molar-refractivity contribution in [2.75, 3.05) is 36.4 Å². The van der Waals surface area contributed by atoms with Crippen molar-refractivity contribution >= 4 is 40.2 Å². The molecule has 0 spiro atoms. The fraction of sp³-hybridized carbons (Fsp3) is 0.238. The molecule has 0 radical (unpaired) electrons. The Morgan fingerprint density at radius 1 is 1.10 bits per heavy atom. The third-order valence-electron chi connectivity index (χ3n) is 4.81. The molecule has 0 atom stereocenters. The van der Waals surface area contributed by atoms with Crippen molar-refractivity contribution < 1.29 is 9.18 Å². The topological polar surface area (TPSA) is 48.5 Å². The highest BCUT2D eigenvalue weighted by Gasteiger charge is 2.20. The molecule has 0 saturated carbocycles. The molecule has 1 fully saturated rings. The average Bonchev–Trinajstić information content (AvgIpc) is 3.19. The Hall–Kier alpha value is -2.48. The van der Waals surface area contributed by atoms with E-state index in [0.29, 0.717) is 17.9 Å². The number of rotatable bonds is 5. The van der Waals surface area contributed by atoms with E-state index in [1.165, 1.54) is 35.6 Å². The lowest BCUT2D eigenvalue weighted by Gasteiger charge is -2.36. The smallest absolute Gasteiger partial charge is 0.275 e. The molecule has 5 nitrogen and oxygen atoms in total. The van der Waals surface area contributed by atoms with Gasteiger partial charge in [0.25, 0.3) is 5.91 Å². The summed E-state index contributed by atoms with van der Waals surface area (Å²) < 4.78 is 13.0. The number of nitrogens with one attached hydrogen (secondary N) is 1. The van der Waals surface area contributed by atoms with E-state index in [4.69, 9.17) is 11.6 Å². The van der Waals surface area contributed by atoms with Crippen molar-refractivity contribution in [3.8, 4) is 0 Å². The van der Waals surface area contributed by atoms with Gasteiger partial charge in [-0.15, -0.1) is 11.3 Å². The van der Waals surface area contributed by atoms with Crippen LogP contribution in [-0.4, -0.2) is 42.0 Å². The van der Waals surface area contributed by atoms with Gasteiger partial charge < -0.3 is 10.2 Å². The number of anilines is 2. The van der Waals surface area contributed by atoms with E-state index in [0.717, 1.165) is 41.9 Å². The number of carbonyl (C=O) groups excluding carboxylic acids is 1. The Bertz CT molecular complexity index is 986. The SMILES string of the molecule is O=C(Nc1ccc(F)cc1)c1csc(CN2CCN(c3ccccc3Cl)CC2)n1. The lowest BCUT2D eigenvalue weighted by Crippen LogP contribution is -2.46. The number of benzene rings is 2. The van der Waals surface area contributed by atoms with Crippen molar-refractivity contribution in [1.29, 1.82) is 0 Å². The van der Waals surface area contributed by atoms with Gasteiger partial charge in [0.05, 0.1) is 17.3 Å². The molecule has 2 aromatic carbocycles. The zero-order chi connectivity index (χ0) is 20.2. The van der Waals surface area contributed by atoms with Crippen molar-refractivity contribution in [3.63, 3.8) is 0 Å². The van der Waals surface area contributed by atoms with Gasteiger partial charge in [-0.2, -0.15) is 0 Å². The predicted octanol–water partition coefficient (Wildman–Crippen LogP) is 4.51. The molecule has 1 amide bonds. The molecule has 1 saturated heterocycles. The van der Waals surface area contributed by atoms with Gasteiger partial charge in [-0.05, 0) is 36.4 Å². The first kappa shape index (κ1) is 19.8. The summed E-state index contributed by atoms with van der Waals surface area (Å²) in [5.41, 5.74) is 1.99. The summed E-state index contributed by atoms with van der Waals surface area (Å²) in [6.07, 6.45) is 0. The quantitative estimate of drug-likeness (QED) is 0.647. The average molecular weight is 431 g/mol. The summed E-state index contributed by atoms with van der Waals surface area (Å²) in [6, 6.07) is 13.6. The molecular formula is C21H20ClFN4OS. The number of thiazole rings is 1. The molecule has 29 heavy (non-hydrogen) atoms. The number of para-hydroxylation sites is 1. The van der Waals surface area contributed by atoms with Gasteiger partial charge >= 0.3 is 0 Å². The Morgan fingerprint density at radius 2 is 1.83 bits per heavy atom. The first-order valence-electron chi connectivity index (χ1n) is 9.31. The van der Waals surface area contributed by atoms with E-state index >= 15 is 0 Å². The lowest BCUT2D eigenvalue weighted by atomic mass is 10.2. The summed E-state index contributed by atoms with van der Waals surface area (Å²) in [5, 5.41) is 6.17. The number of hydrogen-bond donors (Lipinski definition) is 1. The summed E-state index contributed by atoms with van der Waals surface area (Å²) in [6.45, 7) is 4.31. The first-order chi connectivity index (χ1) is 14.1. The number of nitrogens with zero attached hydrogens (tertiary/aromatic N) is 3. The number of aromatic nitrogens is 1. The Kier molecular flexibility index (Phi) is 6.08. The van der Waals surface area contributed by atoms with Crippen molar-refractivity contribution in [1.82, 2.24) is 9.88 Å². The molecule has 1 aliphatic rings. The van der Waals surface area contributed by atoms with Crippen molar-refractivity contribution in [2.24, 2.45) is 0 Å². The van der Waals surface area contributed by atoms with Crippen LogP contribution < -0.4 is 10.2 Å². The van der Waals surface area contributed by atoms with E-state index in [-0.39, 0.29) is 11.7 Å². The highest BCUT2D eigenvalue weighted by atomic mass is 35.5. The maximum atomic E-state index is 13.0. The standard InChI is InChI=1S/C21H20ClFN4OS/c22-17-3-1-2-4-19(17)27-11-9-26(10-12-27)13-20-25-18(14-29-20)21(28)24-16-7-5-15(23)6-8-16/h1-8,14H,9-13H2,(H,24,28). The van der Waals surface area contributed by atoms with Crippen LogP contribution in [0.3, 0.4) is 0 Å².